The number of carbonyl (C=O) groups is 2. The van der Waals surface area contributed by atoms with Crippen molar-refractivity contribution < 1.29 is 24.2 Å². The Kier molecular flexibility index (Phi) is 11.3. The van der Waals surface area contributed by atoms with E-state index in [1.807, 2.05) is 25.8 Å². The van der Waals surface area contributed by atoms with E-state index in [-0.39, 0.29) is 19.0 Å². The fourth-order valence-corrected chi connectivity index (χ4v) is 2.66. The second kappa shape index (κ2) is 13.1. The minimum Gasteiger partial charge on any atom is -0.476 e. The van der Waals surface area contributed by atoms with Crippen molar-refractivity contribution in [3.8, 4) is 5.75 Å². The Labute approximate surface area is 189 Å². The topological polar surface area (TPSA) is 76.1 Å². The highest BCUT2D eigenvalue weighted by atomic mass is 35.5. The zero-order valence-corrected chi connectivity index (χ0v) is 19.6. The van der Waals surface area contributed by atoms with Crippen molar-refractivity contribution in [3.63, 3.8) is 0 Å². The molecule has 0 amide bonds. The van der Waals surface area contributed by atoms with Gasteiger partial charge < -0.3 is 19.5 Å². The first-order valence-corrected chi connectivity index (χ1v) is 10.7. The molecule has 0 heterocycles. The predicted octanol–water partition coefficient (Wildman–Crippen LogP) is 4.22. The molecular weight excluding hydrogens is 418 g/mol. The fraction of sp³-hybridized carbons (Fsp3) is 0.417. The SMILES string of the molecule is CC.CN(CCO)CCOC(=O)C(C)(C)Oc1ccc(C(=O)c2ccc(Cl)cc2)cc1. The third kappa shape index (κ3) is 8.69. The van der Waals surface area contributed by atoms with Crippen molar-refractivity contribution in [2.24, 2.45) is 0 Å². The van der Waals surface area contributed by atoms with E-state index < -0.39 is 11.6 Å². The van der Waals surface area contributed by atoms with Crippen molar-refractivity contribution in [1.82, 2.24) is 4.90 Å². The minimum atomic E-state index is -1.18. The number of halogens is 1. The molecule has 0 aliphatic rings. The van der Waals surface area contributed by atoms with Crippen LogP contribution in [0.15, 0.2) is 48.5 Å². The molecule has 0 fully saturated rings. The zero-order chi connectivity index (χ0) is 23.4. The largest absolute Gasteiger partial charge is 0.476 e. The molecule has 0 aromatic heterocycles. The highest BCUT2D eigenvalue weighted by molar-refractivity contribution is 6.30. The second-order valence-corrected chi connectivity index (χ2v) is 7.57. The molecule has 7 heteroatoms. The van der Waals surface area contributed by atoms with Gasteiger partial charge >= 0.3 is 5.97 Å². The smallest absolute Gasteiger partial charge is 0.349 e. The number of ether oxygens (including phenoxy) is 2. The number of hydrogen-bond acceptors (Lipinski definition) is 6. The van der Waals surface area contributed by atoms with Crippen molar-refractivity contribution >= 4 is 23.4 Å². The van der Waals surface area contributed by atoms with E-state index in [9.17, 15) is 9.59 Å². The number of benzene rings is 2. The third-order valence-corrected chi connectivity index (χ3v) is 4.53. The third-order valence-electron chi connectivity index (χ3n) is 4.28. The van der Waals surface area contributed by atoms with Gasteiger partial charge in [0.2, 0.25) is 0 Å². The van der Waals surface area contributed by atoms with Crippen LogP contribution in [-0.2, 0) is 9.53 Å². The van der Waals surface area contributed by atoms with Gasteiger partial charge in [-0.1, -0.05) is 25.4 Å². The maximum atomic E-state index is 12.5. The number of aliphatic hydroxyl groups is 1. The van der Waals surface area contributed by atoms with Crippen LogP contribution >= 0.6 is 11.6 Å². The lowest BCUT2D eigenvalue weighted by atomic mass is 10.0. The number of rotatable bonds is 10. The summed E-state index contributed by atoms with van der Waals surface area (Å²) in [5.41, 5.74) is -0.137. The van der Waals surface area contributed by atoms with Crippen molar-refractivity contribution in [1.29, 1.82) is 0 Å². The maximum absolute atomic E-state index is 12.5. The number of nitrogens with zero attached hydrogens (tertiary/aromatic N) is 1. The van der Waals surface area contributed by atoms with Crippen LogP contribution in [0, 0.1) is 0 Å². The van der Waals surface area contributed by atoms with Crippen molar-refractivity contribution in [2.75, 3.05) is 33.4 Å². The number of likely N-dealkylation sites (N-methyl/N-ethyl adjacent to an activating group) is 1. The minimum absolute atomic E-state index is 0.0512. The lowest BCUT2D eigenvalue weighted by Crippen LogP contribution is -2.41. The Morgan fingerprint density at radius 2 is 1.48 bits per heavy atom. The molecule has 0 aliphatic carbocycles. The monoisotopic (exact) mass is 449 g/mol. The second-order valence-electron chi connectivity index (χ2n) is 7.14. The van der Waals surface area contributed by atoms with E-state index in [0.29, 0.717) is 35.0 Å². The molecular formula is C24H32ClNO5. The molecule has 2 rings (SSSR count). The van der Waals surface area contributed by atoms with Gasteiger partial charge in [0.15, 0.2) is 11.4 Å². The van der Waals surface area contributed by atoms with Gasteiger partial charge in [0.05, 0.1) is 6.61 Å². The summed E-state index contributed by atoms with van der Waals surface area (Å²) in [4.78, 5) is 26.7. The predicted molar refractivity (Wildman–Crippen MR) is 123 cm³/mol. The van der Waals surface area contributed by atoms with Gasteiger partial charge in [-0.25, -0.2) is 4.79 Å². The van der Waals surface area contributed by atoms with E-state index in [2.05, 4.69) is 0 Å². The van der Waals surface area contributed by atoms with E-state index in [0.717, 1.165) is 0 Å². The van der Waals surface area contributed by atoms with E-state index in [1.54, 1.807) is 62.4 Å². The molecule has 2 aromatic carbocycles. The van der Waals surface area contributed by atoms with Crippen molar-refractivity contribution in [3.05, 3.63) is 64.7 Å². The summed E-state index contributed by atoms with van der Waals surface area (Å²) >= 11 is 5.85. The Hall–Kier alpha value is -2.41. The Morgan fingerprint density at radius 3 is 2.00 bits per heavy atom. The van der Waals surface area contributed by atoms with Crippen molar-refractivity contribution in [2.45, 2.75) is 33.3 Å². The Morgan fingerprint density at radius 1 is 0.968 bits per heavy atom. The Bertz CT molecular complexity index is 819. The number of aliphatic hydroxyl groups excluding tert-OH is 1. The average Bonchev–Trinajstić information content (AvgIpc) is 2.75. The first-order chi connectivity index (χ1) is 14.7. The zero-order valence-electron chi connectivity index (χ0n) is 18.9. The molecule has 0 aliphatic heterocycles. The molecule has 0 radical (unpaired) electrons. The van der Waals surface area contributed by atoms with Gasteiger partial charge in [-0.05, 0) is 69.4 Å². The molecule has 31 heavy (non-hydrogen) atoms. The fourth-order valence-electron chi connectivity index (χ4n) is 2.53. The number of ketones is 1. The highest BCUT2D eigenvalue weighted by Gasteiger charge is 2.32. The van der Waals surface area contributed by atoms with E-state index in [4.69, 9.17) is 26.2 Å². The van der Waals surface area contributed by atoms with Crippen LogP contribution in [0.4, 0.5) is 0 Å². The van der Waals surface area contributed by atoms with Gasteiger partial charge in [0, 0.05) is 29.2 Å². The first kappa shape index (κ1) is 26.6. The summed E-state index contributed by atoms with van der Waals surface area (Å²) in [5, 5.41) is 9.44. The summed E-state index contributed by atoms with van der Waals surface area (Å²) in [5.74, 6) is -0.160. The average molecular weight is 450 g/mol. The van der Waals surface area contributed by atoms with Crippen LogP contribution in [0.5, 0.6) is 5.75 Å². The van der Waals surface area contributed by atoms with Crippen LogP contribution in [0.3, 0.4) is 0 Å². The quantitative estimate of drug-likeness (QED) is 0.432. The van der Waals surface area contributed by atoms with Crippen LogP contribution in [0.2, 0.25) is 5.02 Å². The van der Waals surface area contributed by atoms with E-state index in [1.165, 1.54) is 0 Å². The van der Waals surface area contributed by atoms with Crippen LogP contribution in [0.1, 0.15) is 43.6 Å². The van der Waals surface area contributed by atoms with Gasteiger partial charge in [-0.3, -0.25) is 4.79 Å². The van der Waals surface area contributed by atoms with E-state index >= 15 is 0 Å². The number of carbonyl (C=O) groups excluding carboxylic acids is 2. The van der Waals surface area contributed by atoms with Gasteiger partial charge in [-0.2, -0.15) is 0 Å². The molecule has 2 aromatic rings. The number of hydrogen-bond donors (Lipinski definition) is 1. The molecule has 0 unspecified atom stereocenters. The molecule has 0 saturated carbocycles. The molecule has 170 valence electrons. The summed E-state index contributed by atoms with van der Waals surface area (Å²) < 4.78 is 11.0. The summed E-state index contributed by atoms with van der Waals surface area (Å²) in [6.07, 6.45) is 0. The number of esters is 1. The van der Waals surface area contributed by atoms with Gasteiger partial charge in [0.1, 0.15) is 12.4 Å². The molecule has 1 N–H and O–H groups in total. The van der Waals surface area contributed by atoms with Crippen LogP contribution in [0.25, 0.3) is 0 Å². The Balaban J connectivity index is 0.00000233. The van der Waals surface area contributed by atoms with Gasteiger partial charge in [0.25, 0.3) is 0 Å². The standard InChI is InChI=1S/C22H26ClNO5.C2H6/c1-22(2,21(27)28-15-13-24(3)12-14-25)29-19-10-6-17(7-11-19)20(26)16-4-8-18(23)9-5-16;1-2/h4-11,25H,12-15H2,1-3H3;1-2H3. The molecule has 6 nitrogen and oxygen atoms in total. The lowest BCUT2D eigenvalue weighted by Gasteiger charge is -2.25. The summed E-state index contributed by atoms with van der Waals surface area (Å²) in [7, 11) is 1.83. The lowest BCUT2D eigenvalue weighted by molar-refractivity contribution is -0.159. The first-order valence-electron chi connectivity index (χ1n) is 10.3. The normalized spacial score (nSPS) is 10.8. The highest BCUT2D eigenvalue weighted by Crippen LogP contribution is 2.22. The summed E-state index contributed by atoms with van der Waals surface area (Å²) in [6.45, 7) is 8.54. The van der Waals surface area contributed by atoms with Crippen LogP contribution in [-0.4, -0.2) is 60.7 Å². The molecule has 0 spiro atoms. The van der Waals surface area contributed by atoms with Crippen LogP contribution < -0.4 is 4.74 Å². The molecule has 0 atom stereocenters. The molecule has 0 bridgehead atoms. The maximum Gasteiger partial charge on any atom is 0.349 e. The summed E-state index contributed by atoms with van der Waals surface area (Å²) in [6, 6.07) is 13.3. The van der Waals surface area contributed by atoms with Gasteiger partial charge in [-0.15, -0.1) is 0 Å². The molecule has 0 saturated heterocycles.